The number of nitrogens with one attached hydrogen (secondary N) is 1. The number of nitrogens with zero attached hydrogens (tertiary/aromatic N) is 3. The number of rotatable bonds is 9. The molecule has 1 amide bonds. The predicted octanol–water partition coefficient (Wildman–Crippen LogP) is 3.76. The number of amides is 1. The normalized spacial score (nSPS) is 11.1. The molecule has 1 aromatic carbocycles. The topological polar surface area (TPSA) is 117 Å². The summed E-state index contributed by atoms with van der Waals surface area (Å²) in [6.07, 6.45) is 3.29. The van der Waals surface area contributed by atoms with Gasteiger partial charge >= 0.3 is 5.97 Å². The van der Waals surface area contributed by atoms with Gasteiger partial charge in [0.05, 0.1) is 25.6 Å². The summed E-state index contributed by atoms with van der Waals surface area (Å²) in [6.45, 7) is 4.16. The van der Waals surface area contributed by atoms with Crippen molar-refractivity contribution in [1.82, 2.24) is 14.8 Å². The molecule has 0 atom stereocenters. The molecule has 0 saturated heterocycles. The Morgan fingerprint density at radius 1 is 1.14 bits per heavy atom. The smallest absolute Gasteiger partial charge is 0.373 e. The third-order valence-electron chi connectivity index (χ3n) is 4.98. The van der Waals surface area contributed by atoms with E-state index < -0.39 is 5.97 Å². The van der Waals surface area contributed by atoms with Gasteiger partial charge in [0, 0.05) is 6.20 Å². The predicted molar refractivity (Wildman–Crippen MR) is 127 cm³/mol. The summed E-state index contributed by atoms with van der Waals surface area (Å²) in [7, 11) is 1.28. The number of hydrogen-bond acceptors (Lipinski definition) is 8. The molecule has 35 heavy (non-hydrogen) atoms. The highest BCUT2D eigenvalue weighted by Crippen LogP contribution is 2.29. The number of benzene rings is 1. The van der Waals surface area contributed by atoms with E-state index in [0.717, 1.165) is 0 Å². The van der Waals surface area contributed by atoms with E-state index in [-0.39, 0.29) is 18.3 Å². The zero-order chi connectivity index (χ0) is 24.8. The van der Waals surface area contributed by atoms with Crippen molar-refractivity contribution in [2.24, 2.45) is 5.10 Å². The van der Waals surface area contributed by atoms with Crippen LogP contribution >= 0.6 is 0 Å². The lowest BCUT2D eigenvalue weighted by Gasteiger charge is -2.11. The Morgan fingerprint density at radius 2 is 2.00 bits per heavy atom. The van der Waals surface area contributed by atoms with E-state index >= 15 is 0 Å². The molecular formula is C25H24N4O6. The van der Waals surface area contributed by atoms with Crippen LogP contribution in [0, 0.1) is 6.92 Å². The Kier molecular flexibility index (Phi) is 7.10. The van der Waals surface area contributed by atoms with E-state index in [0.29, 0.717) is 46.5 Å². The van der Waals surface area contributed by atoms with Gasteiger partial charge in [-0.3, -0.25) is 9.20 Å². The number of fused-ring (bicyclic) bond motifs is 1. The number of methoxy groups -OCH3 is 1. The molecule has 180 valence electrons. The number of furan rings is 1. The summed E-state index contributed by atoms with van der Waals surface area (Å²) in [6, 6.07) is 13.9. The average Bonchev–Trinajstić information content (AvgIpc) is 3.47. The van der Waals surface area contributed by atoms with Crippen molar-refractivity contribution in [2.75, 3.05) is 13.7 Å². The van der Waals surface area contributed by atoms with E-state index in [9.17, 15) is 9.59 Å². The molecule has 10 nitrogen and oxygen atoms in total. The van der Waals surface area contributed by atoms with Crippen LogP contribution in [0.2, 0.25) is 0 Å². The van der Waals surface area contributed by atoms with Crippen LogP contribution in [0.5, 0.6) is 11.5 Å². The Balaban J connectivity index is 1.43. The lowest BCUT2D eigenvalue weighted by molar-refractivity contribution is 0.0560. The maximum Gasteiger partial charge on any atom is 0.373 e. The molecule has 0 aliphatic rings. The number of hydrogen-bond donors (Lipinski definition) is 1. The minimum Gasteiger partial charge on any atom is -0.490 e. The highest BCUT2D eigenvalue weighted by Gasteiger charge is 2.16. The number of pyridine rings is 1. The van der Waals surface area contributed by atoms with Crippen molar-refractivity contribution >= 4 is 23.7 Å². The van der Waals surface area contributed by atoms with Crippen molar-refractivity contribution in [2.45, 2.75) is 20.5 Å². The van der Waals surface area contributed by atoms with Gasteiger partial charge in [-0.25, -0.2) is 15.2 Å². The molecule has 0 radical (unpaired) electrons. The van der Waals surface area contributed by atoms with Crippen LogP contribution in [0.3, 0.4) is 0 Å². The summed E-state index contributed by atoms with van der Waals surface area (Å²) < 4.78 is 23.3. The summed E-state index contributed by atoms with van der Waals surface area (Å²) in [4.78, 5) is 28.6. The van der Waals surface area contributed by atoms with Crippen molar-refractivity contribution in [3.05, 3.63) is 83.2 Å². The number of esters is 1. The van der Waals surface area contributed by atoms with Gasteiger partial charge in [-0.1, -0.05) is 6.07 Å². The molecule has 0 spiro atoms. The van der Waals surface area contributed by atoms with E-state index in [2.05, 4.69) is 20.2 Å². The molecule has 3 aromatic heterocycles. The van der Waals surface area contributed by atoms with Crippen molar-refractivity contribution in [1.29, 1.82) is 0 Å². The van der Waals surface area contributed by atoms with Gasteiger partial charge in [-0.2, -0.15) is 5.10 Å². The average molecular weight is 476 g/mol. The van der Waals surface area contributed by atoms with E-state index in [1.165, 1.54) is 19.4 Å². The Morgan fingerprint density at radius 3 is 2.80 bits per heavy atom. The van der Waals surface area contributed by atoms with Crippen LogP contribution in [0.15, 0.2) is 64.2 Å². The number of carbonyl (C=O) groups excluding carboxylic acids is 2. The molecule has 0 unspecified atom stereocenters. The minimum atomic E-state index is -0.557. The van der Waals surface area contributed by atoms with Crippen molar-refractivity contribution in [3.8, 4) is 11.5 Å². The Hall–Kier alpha value is -4.60. The van der Waals surface area contributed by atoms with Gasteiger partial charge in [0.15, 0.2) is 11.5 Å². The first-order chi connectivity index (χ1) is 17.0. The third kappa shape index (κ3) is 5.32. The largest absolute Gasteiger partial charge is 0.490 e. The summed E-state index contributed by atoms with van der Waals surface area (Å²) in [5, 5.41) is 4.08. The lowest BCUT2D eigenvalue weighted by Crippen LogP contribution is -2.20. The van der Waals surface area contributed by atoms with Gasteiger partial charge < -0.3 is 18.6 Å². The minimum absolute atomic E-state index is 0.0964. The highest BCUT2D eigenvalue weighted by molar-refractivity contribution is 5.95. The van der Waals surface area contributed by atoms with Crippen LogP contribution < -0.4 is 14.9 Å². The Labute approximate surface area is 201 Å². The standard InChI is InChI=1S/C25H24N4O6/c1-4-33-21-13-17(8-10-19(21)34-15-18-9-11-20(35-18)25(31)32-3)14-26-28-24(30)23-16(2)27-22-7-5-6-12-29(22)23/h5-14H,4,15H2,1-3H3,(H,28,30)/b26-14-. The van der Waals surface area contributed by atoms with E-state index in [4.69, 9.17) is 13.9 Å². The molecule has 3 heterocycles. The fourth-order valence-electron chi connectivity index (χ4n) is 3.41. The maximum absolute atomic E-state index is 12.7. The molecule has 0 bridgehead atoms. The molecule has 0 fully saturated rings. The summed E-state index contributed by atoms with van der Waals surface area (Å²) in [5.41, 5.74) is 4.96. The number of aryl methyl sites for hydroxylation is 1. The first-order valence-electron chi connectivity index (χ1n) is 10.8. The molecule has 1 N–H and O–H groups in total. The quantitative estimate of drug-likeness (QED) is 0.222. The summed E-state index contributed by atoms with van der Waals surface area (Å²) >= 11 is 0. The third-order valence-corrected chi connectivity index (χ3v) is 4.98. The van der Waals surface area contributed by atoms with Crippen LogP contribution in [0.4, 0.5) is 0 Å². The number of aromatic nitrogens is 2. The number of ether oxygens (including phenoxy) is 3. The molecule has 0 aliphatic carbocycles. The zero-order valence-electron chi connectivity index (χ0n) is 19.5. The lowest BCUT2D eigenvalue weighted by atomic mass is 10.2. The zero-order valence-corrected chi connectivity index (χ0v) is 19.5. The van der Waals surface area contributed by atoms with Crippen LogP contribution in [0.1, 0.15) is 45.0 Å². The Bertz CT molecular complexity index is 1390. The van der Waals surface area contributed by atoms with Gasteiger partial charge in [0.2, 0.25) is 5.76 Å². The second-order valence-corrected chi connectivity index (χ2v) is 7.36. The number of imidazole rings is 1. The maximum atomic E-state index is 12.7. The van der Waals surface area contributed by atoms with Crippen molar-refractivity contribution in [3.63, 3.8) is 0 Å². The van der Waals surface area contributed by atoms with Crippen molar-refractivity contribution < 1.29 is 28.2 Å². The SMILES string of the molecule is CCOc1cc(/C=N\NC(=O)c2c(C)nc3ccccn23)ccc1OCc1ccc(C(=O)OC)o1. The second-order valence-electron chi connectivity index (χ2n) is 7.36. The van der Waals surface area contributed by atoms with Gasteiger partial charge in [0.1, 0.15) is 23.7 Å². The monoisotopic (exact) mass is 476 g/mol. The van der Waals surface area contributed by atoms with Crippen LogP contribution in [0.25, 0.3) is 5.65 Å². The summed E-state index contributed by atoms with van der Waals surface area (Å²) in [5.74, 6) is 0.629. The van der Waals surface area contributed by atoms with E-state index in [1.807, 2.05) is 25.1 Å². The molecule has 4 aromatic rings. The highest BCUT2D eigenvalue weighted by atomic mass is 16.5. The fraction of sp³-hybridized carbons (Fsp3) is 0.200. The second kappa shape index (κ2) is 10.6. The molecule has 10 heteroatoms. The molecule has 0 aliphatic heterocycles. The number of hydrazone groups is 1. The molecule has 4 rings (SSSR count). The van der Waals surface area contributed by atoms with E-state index in [1.54, 1.807) is 41.8 Å². The molecular weight excluding hydrogens is 452 g/mol. The number of carbonyl (C=O) groups is 2. The fourth-order valence-corrected chi connectivity index (χ4v) is 3.41. The van der Waals surface area contributed by atoms with Gasteiger partial charge in [-0.05, 0) is 61.9 Å². The van der Waals surface area contributed by atoms with Crippen LogP contribution in [-0.2, 0) is 11.3 Å². The first kappa shape index (κ1) is 23.6. The first-order valence-corrected chi connectivity index (χ1v) is 10.8. The van der Waals surface area contributed by atoms with Gasteiger partial charge in [0.25, 0.3) is 5.91 Å². The van der Waals surface area contributed by atoms with Gasteiger partial charge in [-0.15, -0.1) is 0 Å². The molecule has 0 saturated carbocycles. The van der Waals surface area contributed by atoms with Crippen LogP contribution in [-0.4, -0.2) is 41.2 Å².